The minimum absolute atomic E-state index is 0.157. The maximum atomic E-state index is 13.5. The Kier molecular flexibility index (Phi) is 3.75. The molecule has 3 nitrogen and oxygen atoms in total. The van der Waals surface area contributed by atoms with Gasteiger partial charge in [-0.2, -0.15) is 0 Å². The molecule has 104 valence electrons. The number of hydrogen-bond donors (Lipinski definition) is 1. The lowest BCUT2D eigenvalue weighted by atomic mass is 10.3. The van der Waals surface area contributed by atoms with Gasteiger partial charge in [-0.15, -0.1) is 0 Å². The molecule has 1 saturated heterocycles. The summed E-state index contributed by atoms with van der Waals surface area (Å²) in [6, 6.07) is 18.8. The molecule has 1 aliphatic rings. The lowest BCUT2D eigenvalue weighted by Crippen LogP contribution is -2.28. The van der Waals surface area contributed by atoms with Crippen LogP contribution in [0.15, 0.2) is 60.7 Å². The van der Waals surface area contributed by atoms with E-state index in [2.05, 4.69) is 0 Å². The molecule has 3 rings (SSSR count). The van der Waals surface area contributed by atoms with Crippen LogP contribution in [-0.2, 0) is 9.30 Å². The Balaban J connectivity index is 2.00. The average Bonchev–Trinajstić information content (AvgIpc) is 3.34. The first kappa shape index (κ1) is 13.6. The molecule has 0 radical (unpaired) electrons. The van der Waals surface area contributed by atoms with E-state index < -0.39 is 13.2 Å². The van der Waals surface area contributed by atoms with Crippen LogP contribution in [0.1, 0.15) is 0 Å². The van der Waals surface area contributed by atoms with E-state index >= 15 is 0 Å². The van der Waals surface area contributed by atoms with E-state index in [1.165, 1.54) is 0 Å². The maximum Gasteiger partial charge on any atom is 0.145 e. The van der Waals surface area contributed by atoms with Crippen LogP contribution < -0.4 is 10.6 Å². The Bertz CT molecular complexity index is 565. The fraction of sp³-hybridized carbons (Fsp3) is 0.250. The van der Waals surface area contributed by atoms with Crippen molar-refractivity contribution in [1.82, 2.24) is 0 Å². The summed E-state index contributed by atoms with van der Waals surface area (Å²) in [7, 11) is -2.82. The summed E-state index contributed by atoms with van der Waals surface area (Å²) in [5.41, 5.74) is 0. The van der Waals surface area contributed by atoms with E-state index in [-0.39, 0.29) is 12.3 Å². The van der Waals surface area contributed by atoms with Crippen molar-refractivity contribution in [3.8, 4) is 0 Å². The van der Waals surface area contributed by atoms with Crippen molar-refractivity contribution in [2.24, 2.45) is 0 Å². The number of rotatable bonds is 5. The maximum absolute atomic E-state index is 13.5. The SMILES string of the molecule is O=P(C[C@@H](O)[C@@H]1CO1)(c1ccccc1)c1ccccc1. The summed E-state index contributed by atoms with van der Waals surface area (Å²) in [6.07, 6.45) is -0.608. The van der Waals surface area contributed by atoms with Crippen molar-refractivity contribution >= 4 is 17.8 Å². The van der Waals surface area contributed by atoms with E-state index in [0.29, 0.717) is 6.61 Å². The topological polar surface area (TPSA) is 49.8 Å². The molecule has 2 aromatic rings. The van der Waals surface area contributed by atoms with E-state index in [1.54, 1.807) is 0 Å². The molecule has 0 unspecified atom stereocenters. The van der Waals surface area contributed by atoms with Gasteiger partial charge < -0.3 is 14.4 Å². The Morgan fingerprint density at radius 2 is 1.50 bits per heavy atom. The van der Waals surface area contributed by atoms with Crippen LogP contribution in [0.2, 0.25) is 0 Å². The third-order valence-corrected chi connectivity index (χ3v) is 6.73. The Morgan fingerprint density at radius 1 is 1.05 bits per heavy atom. The van der Waals surface area contributed by atoms with Crippen molar-refractivity contribution in [3.63, 3.8) is 0 Å². The highest BCUT2D eigenvalue weighted by Crippen LogP contribution is 2.45. The van der Waals surface area contributed by atoms with Crippen molar-refractivity contribution in [1.29, 1.82) is 0 Å². The van der Waals surface area contributed by atoms with Crippen LogP contribution in [0.5, 0.6) is 0 Å². The van der Waals surface area contributed by atoms with Crippen LogP contribution in [0.3, 0.4) is 0 Å². The molecule has 2 atom stereocenters. The van der Waals surface area contributed by atoms with Crippen molar-refractivity contribution in [2.45, 2.75) is 12.2 Å². The van der Waals surface area contributed by atoms with Crippen LogP contribution in [0.25, 0.3) is 0 Å². The second kappa shape index (κ2) is 5.53. The second-order valence-corrected chi connectivity index (χ2v) is 7.91. The molecule has 1 N–H and O–H groups in total. The molecule has 0 amide bonds. The van der Waals surface area contributed by atoms with E-state index in [1.807, 2.05) is 60.7 Å². The first-order valence-corrected chi connectivity index (χ1v) is 8.59. The molecule has 1 heterocycles. The molecule has 20 heavy (non-hydrogen) atoms. The number of epoxide rings is 1. The summed E-state index contributed by atoms with van der Waals surface area (Å²) in [5.74, 6) is 0. The smallest absolute Gasteiger partial charge is 0.145 e. The van der Waals surface area contributed by atoms with E-state index in [4.69, 9.17) is 4.74 Å². The van der Waals surface area contributed by atoms with Gasteiger partial charge in [-0.1, -0.05) is 60.7 Å². The molecule has 0 spiro atoms. The molecule has 2 aromatic carbocycles. The summed E-state index contributed by atoms with van der Waals surface area (Å²) in [5, 5.41) is 11.7. The second-order valence-electron chi connectivity index (χ2n) is 5.03. The number of aliphatic hydroxyl groups excluding tert-OH is 1. The Hall–Kier alpha value is -1.41. The van der Waals surface area contributed by atoms with E-state index in [9.17, 15) is 9.67 Å². The largest absolute Gasteiger partial charge is 0.390 e. The van der Waals surface area contributed by atoms with Crippen LogP contribution in [0.4, 0.5) is 0 Å². The molecular weight excluding hydrogens is 271 g/mol. The molecule has 0 bridgehead atoms. The van der Waals surface area contributed by atoms with Gasteiger partial charge in [0, 0.05) is 16.8 Å². The quantitative estimate of drug-likeness (QED) is 0.674. The average molecular weight is 288 g/mol. The first-order chi connectivity index (χ1) is 9.70. The van der Waals surface area contributed by atoms with Gasteiger partial charge in [-0.05, 0) is 0 Å². The van der Waals surface area contributed by atoms with Gasteiger partial charge in [-0.25, -0.2) is 0 Å². The number of ether oxygens (including phenoxy) is 1. The fourth-order valence-corrected chi connectivity index (χ4v) is 5.15. The molecule has 0 saturated carbocycles. The lowest BCUT2D eigenvalue weighted by Gasteiger charge is -2.21. The van der Waals surface area contributed by atoms with Gasteiger partial charge in [0.25, 0.3) is 0 Å². The van der Waals surface area contributed by atoms with Gasteiger partial charge in [-0.3, -0.25) is 0 Å². The highest BCUT2D eigenvalue weighted by Gasteiger charge is 2.38. The predicted molar refractivity (Wildman–Crippen MR) is 80.4 cm³/mol. The van der Waals surface area contributed by atoms with Gasteiger partial charge in [0.1, 0.15) is 13.2 Å². The zero-order valence-corrected chi connectivity index (χ0v) is 11.9. The molecule has 0 aromatic heterocycles. The van der Waals surface area contributed by atoms with Gasteiger partial charge >= 0.3 is 0 Å². The molecule has 0 aliphatic carbocycles. The Labute approximate surface area is 118 Å². The summed E-state index contributed by atoms with van der Waals surface area (Å²) in [4.78, 5) is 0. The third-order valence-electron chi connectivity index (χ3n) is 3.58. The zero-order valence-electron chi connectivity index (χ0n) is 11.1. The number of benzene rings is 2. The standard InChI is InChI=1S/C16H17O3P/c17-15(16-11-19-16)12-20(18,13-7-3-1-4-8-13)14-9-5-2-6-10-14/h1-10,15-17H,11-12H2/t15-,16+/m1/s1. The fourth-order valence-electron chi connectivity index (χ4n) is 2.36. The van der Waals surface area contributed by atoms with E-state index in [0.717, 1.165) is 10.6 Å². The number of aliphatic hydroxyl groups is 1. The van der Waals surface area contributed by atoms with Crippen molar-refractivity contribution < 1.29 is 14.4 Å². The third kappa shape index (κ3) is 2.71. The lowest BCUT2D eigenvalue weighted by molar-refractivity contribution is 0.155. The highest BCUT2D eigenvalue weighted by molar-refractivity contribution is 7.78. The first-order valence-electron chi connectivity index (χ1n) is 6.70. The Morgan fingerprint density at radius 3 is 1.90 bits per heavy atom. The predicted octanol–water partition coefficient (Wildman–Crippen LogP) is 1.76. The number of hydrogen-bond acceptors (Lipinski definition) is 3. The summed E-state index contributed by atoms with van der Waals surface area (Å²) >= 11 is 0. The highest BCUT2D eigenvalue weighted by atomic mass is 31.2. The van der Waals surface area contributed by atoms with Crippen LogP contribution in [-0.4, -0.2) is 30.1 Å². The summed E-state index contributed by atoms with van der Waals surface area (Å²) in [6.45, 7) is 0.560. The minimum Gasteiger partial charge on any atom is -0.390 e. The van der Waals surface area contributed by atoms with Crippen molar-refractivity contribution in [2.75, 3.05) is 12.8 Å². The normalized spacial score (nSPS) is 19.6. The van der Waals surface area contributed by atoms with Gasteiger partial charge in [0.05, 0.1) is 12.7 Å². The summed E-state index contributed by atoms with van der Waals surface area (Å²) < 4.78 is 18.7. The van der Waals surface area contributed by atoms with Crippen LogP contribution >= 0.6 is 7.14 Å². The minimum atomic E-state index is -2.82. The molecule has 1 fully saturated rings. The molecule has 4 heteroatoms. The van der Waals surface area contributed by atoms with Crippen LogP contribution in [0, 0.1) is 0 Å². The zero-order chi connectivity index (χ0) is 14.0. The van der Waals surface area contributed by atoms with Gasteiger partial charge in [0.15, 0.2) is 0 Å². The van der Waals surface area contributed by atoms with Crippen molar-refractivity contribution in [3.05, 3.63) is 60.7 Å². The monoisotopic (exact) mass is 288 g/mol. The molecule has 1 aliphatic heterocycles. The van der Waals surface area contributed by atoms with Gasteiger partial charge in [0.2, 0.25) is 0 Å². The molecular formula is C16H17O3P.